The highest BCUT2D eigenvalue weighted by Crippen LogP contribution is 2.30. The molecule has 0 atom stereocenters. The lowest BCUT2D eigenvalue weighted by Gasteiger charge is -2.01. The van der Waals surface area contributed by atoms with E-state index < -0.39 is 0 Å². The summed E-state index contributed by atoms with van der Waals surface area (Å²) in [6.07, 6.45) is 5.31. The summed E-state index contributed by atoms with van der Waals surface area (Å²) in [5.74, 6) is 0. The number of benzene rings is 1. The minimum absolute atomic E-state index is 0.560. The van der Waals surface area contributed by atoms with Crippen LogP contribution in [-0.4, -0.2) is 19.5 Å². The Morgan fingerprint density at radius 1 is 1.24 bits per heavy atom. The number of hydrogen-bond donors (Lipinski definition) is 1. The molecule has 0 aliphatic carbocycles. The summed E-state index contributed by atoms with van der Waals surface area (Å²) >= 11 is 0. The number of imidazole rings is 1. The van der Waals surface area contributed by atoms with Crippen molar-refractivity contribution < 1.29 is 0 Å². The zero-order valence-corrected chi connectivity index (χ0v) is 11.3. The third-order valence-corrected chi connectivity index (χ3v) is 3.70. The summed E-state index contributed by atoms with van der Waals surface area (Å²) in [5.41, 5.74) is 5.51. The summed E-state index contributed by atoms with van der Waals surface area (Å²) < 4.78 is 1.99. The first-order valence-corrected chi connectivity index (χ1v) is 6.55. The van der Waals surface area contributed by atoms with Gasteiger partial charge in [0, 0.05) is 30.4 Å². The predicted molar refractivity (Wildman–Crippen MR) is 80.5 cm³/mol. The fraction of sp³-hybridized carbons (Fsp3) is 0.0625. The number of nitrogens with zero attached hydrogens (tertiary/aromatic N) is 4. The van der Waals surface area contributed by atoms with Gasteiger partial charge in [-0.2, -0.15) is 5.26 Å². The zero-order chi connectivity index (χ0) is 14.4. The monoisotopic (exact) mass is 273 g/mol. The topological polar surface area (TPSA) is 70.3 Å². The molecular weight excluding hydrogens is 262 g/mol. The highest BCUT2D eigenvalue weighted by atomic mass is 15.0. The normalized spacial score (nSPS) is 11.0. The summed E-state index contributed by atoms with van der Waals surface area (Å²) in [6.45, 7) is 0. The summed E-state index contributed by atoms with van der Waals surface area (Å²) in [5, 5.41) is 9.99. The molecule has 0 saturated carbocycles. The van der Waals surface area contributed by atoms with Gasteiger partial charge in [-0.15, -0.1) is 0 Å². The lowest BCUT2D eigenvalue weighted by atomic mass is 10.0. The molecule has 1 N–H and O–H groups in total. The Morgan fingerprint density at radius 3 is 3.00 bits per heavy atom. The van der Waals surface area contributed by atoms with Gasteiger partial charge >= 0.3 is 0 Å². The molecular formula is C16H11N5. The van der Waals surface area contributed by atoms with Gasteiger partial charge in [-0.25, -0.2) is 9.97 Å². The molecule has 0 amide bonds. The predicted octanol–water partition coefficient (Wildman–Crippen LogP) is 2.99. The molecule has 0 bridgehead atoms. The fourth-order valence-corrected chi connectivity index (χ4v) is 2.60. The molecule has 0 aliphatic heterocycles. The van der Waals surface area contributed by atoms with E-state index in [0.717, 1.165) is 33.2 Å². The van der Waals surface area contributed by atoms with Crippen LogP contribution in [0, 0.1) is 11.3 Å². The Morgan fingerprint density at radius 2 is 2.14 bits per heavy atom. The van der Waals surface area contributed by atoms with E-state index in [4.69, 9.17) is 5.26 Å². The third kappa shape index (κ3) is 1.70. The Hall–Kier alpha value is -3.13. The van der Waals surface area contributed by atoms with Gasteiger partial charge in [0.15, 0.2) is 0 Å². The van der Waals surface area contributed by atoms with Crippen LogP contribution in [0.4, 0.5) is 0 Å². The number of rotatable bonds is 1. The first-order chi connectivity index (χ1) is 10.3. The van der Waals surface area contributed by atoms with Crippen molar-refractivity contribution in [2.75, 3.05) is 0 Å². The molecule has 5 heteroatoms. The van der Waals surface area contributed by atoms with Crippen molar-refractivity contribution in [2.24, 2.45) is 7.05 Å². The fourth-order valence-electron chi connectivity index (χ4n) is 2.60. The van der Waals surface area contributed by atoms with Crippen molar-refractivity contribution in [3.05, 3.63) is 48.5 Å². The number of hydrogen-bond acceptors (Lipinski definition) is 3. The van der Waals surface area contributed by atoms with Crippen LogP contribution >= 0.6 is 0 Å². The SMILES string of the molecule is Cn1cnc2ccc(-c3c[nH]c4ncc(C#N)cc34)cc21. The van der Waals surface area contributed by atoms with Gasteiger partial charge in [-0.3, -0.25) is 0 Å². The number of nitrogens with one attached hydrogen (secondary N) is 1. The summed E-state index contributed by atoms with van der Waals surface area (Å²) in [4.78, 5) is 11.8. The summed E-state index contributed by atoms with van der Waals surface area (Å²) in [6, 6.07) is 10.1. The smallest absolute Gasteiger partial charge is 0.137 e. The van der Waals surface area contributed by atoms with Gasteiger partial charge in [0.2, 0.25) is 0 Å². The number of aryl methyl sites for hydroxylation is 1. The lowest BCUT2D eigenvalue weighted by molar-refractivity contribution is 0.948. The van der Waals surface area contributed by atoms with Crippen LogP contribution in [0.5, 0.6) is 0 Å². The minimum Gasteiger partial charge on any atom is -0.346 e. The molecule has 1 aromatic carbocycles. The van der Waals surface area contributed by atoms with Crippen molar-refractivity contribution >= 4 is 22.1 Å². The second-order valence-electron chi connectivity index (χ2n) is 4.99. The molecule has 0 spiro atoms. The quantitative estimate of drug-likeness (QED) is 0.579. The molecule has 0 aliphatic rings. The number of fused-ring (bicyclic) bond motifs is 2. The van der Waals surface area contributed by atoms with Gasteiger partial charge in [-0.05, 0) is 23.8 Å². The average Bonchev–Trinajstić information content (AvgIpc) is 3.10. The molecule has 0 radical (unpaired) electrons. The largest absolute Gasteiger partial charge is 0.346 e. The summed E-state index contributed by atoms with van der Waals surface area (Å²) in [7, 11) is 1.98. The van der Waals surface area contributed by atoms with Crippen molar-refractivity contribution in [2.45, 2.75) is 0 Å². The van der Waals surface area contributed by atoms with E-state index in [1.165, 1.54) is 0 Å². The third-order valence-electron chi connectivity index (χ3n) is 3.70. The molecule has 0 saturated heterocycles. The molecule has 21 heavy (non-hydrogen) atoms. The molecule has 0 unspecified atom stereocenters. The van der Waals surface area contributed by atoms with Crippen LogP contribution in [0.15, 0.2) is 43.0 Å². The zero-order valence-electron chi connectivity index (χ0n) is 11.3. The number of pyridine rings is 1. The molecule has 5 nitrogen and oxygen atoms in total. The number of aromatic amines is 1. The van der Waals surface area contributed by atoms with E-state index in [0.29, 0.717) is 5.56 Å². The molecule has 4 aromatic rings. The number of H-pyrrole nitrogens is 1. The van der Waals surface area contributed by atoms with E-state index >= 15 is 0 Å². The van der Waals surface area contributed by atoms with Crippen LogP contribution in [0.25, 0.3) is 33.2 Å². The second kappa shape index (κ2) is 4.18. The Labute approximate surface area is 120 Å². The van der Waals surface area contributed by atoms with Gasteiger partial charge < -0.3 is 9.55 Å². The lowest BCUT2D eigenvalue weighted by Crippen LogP contribution is -1.85. The van der Waals surface area contributed by atoms with Crippen molar-refractivity contribution in [3.63, 3.8) is 0 Å². The van der Waals surface area contributed by atoms with Crippen LogP contribution in [0.1, 0.15) is 5.56 Å². The van der Waals surface area contributed by atoms with E-state index in [9.17, 15) is 0 Å². The van der Waals surface area contributed by atoms with E-state index in [2.05, 4.69) is 27.1 Å². The maximum Gasteiger partial charge on any atom is 0.137 e. The van der Waals surface area contributed by atoms with E-state index in [1.54, 1.807) is 12.5 Å². The van der Waals surface area contributed by atoms with Crippen molar-refractivity contribution in [1.29, 1.82) is 5.26 Å². The minimum atomic E-state index is 0.560. The van der Waals surface area contributed by atoms with Gasteiger partial charge in [0.1, 0.15) is 11.7 Å². The first kappa shape index (κ1) is 11.7. The van der Waals surface area contributed by atoms with Gasteiger partial charge in [0.25, 0.3) is 0 Å². The number of nitriles is 1. The molecule has 100 valence electrons. The van der Waals surface area contributed by atoms with E-state index in [-0.39, 0.29) is 0 Å². The molecule has 0 fully saturated rings. The molecule has 4 rings (SSSR count). The van der Waals surface area contributed by atoms with E-state index in [1.807, 2.05) is 36.0 Å². The van der Waals surface area contributed by atoms with Crippen LogP contribution in [0.2, 0.25) is 0 Å². The van der Waals surface area contributed by atoms with Gasteiger partial charge in [-0.1, -0.05) is 6.07 Å². The average molecular weight is 273 g/mol. The molecule has 3 heterocycles. The Balaban J connectivity index is 1.99. The highest BCUT2D eigenvalue weighted by molar-refractivity contribution is 5.96. The van der Waals surface area contributed by atoms with Crippen LogP contribution in [-0.2, 0) is 7.05 Å². The highest BCUT2D eigenvalue weighted by Gasteiger charge is 2.10. The Bertz CT molecular complexity index is 1020. The Kier molecular flexibility index (Phi) is 2.33. The van der Waals surface area contributed by atoms with Crippen molar-refractivity contribution in [3.8, 4) is 17.2 Å². The maximum atomic E-state index is 9.03. The second-order valence-corrected chi connectivity index (χ2v) is 4.99. The first-order valence-electron chi connectivity index (χ1n) is 6.55. The standard InChI is InChI=1S/C16H11N5/c1-21-9-20-14-3-2-11(5-15(14)21)13-8-19-16-12(13)4-10(6-17)7-18-16/h2-5,7-9H,1H3,(H,18,19). The van der Waals surface area contributed by atoms with Crippen molar-refractivity contribution in [1.82, 2.24) is 19.5 Å². The maximum absolute atomic E-state index is 9.03. The number of aromatic nitrogens is 4. The van der Waals surface area contributed by atoms with Crippen LogP contribution in [0.3, 0.4) is 0 Å². The van der Waals surface area contributed by atoms with Crippen LogP contribution < -0.4 is 0 Å². The molecule has 3 aromatic heterocycles. The van der Waals surface area contributed by atoms with Gasteiger partial charge in [0.05, 0.1) is 22.9 Å².